The molecule has 2 aliphatic heterocycles. The predicted octanol–water partition coefficient (Wildman–Crippen LogP) is 5.10. The Morgan fingerprint density at radius 2 is 1.97 bits per heavy atom. The van der Waals surface area contributed by atoms with E-state index in [0.717, 1.165) is 52.8 Å². The molecule has 164 valence electrons. The number of nitrogens with zero attached hydrogens (tertiary/aromatic N) is 4. The summed E-state index contributed by atoms with van der Waals surface area (Å²) < 4.78 is 6.64. The lowest BCUT2D eigenvalue weighted by Gasteiger charge is -2.49. The number of thiazole rings is 2. The van der Waals surface area contributed by atoms with Crippen molar-refractivity contribution in [3.63, 3.8) is 0 Å². The molecule has 7 nitrogen and oxygen atoms in total. The van der Waals surface area contributed by atoms with Crippen LogP contribution in [0.4, 0.5) is 9.93 Å². The summed E-state index contributed by atoms with van der Waals surface area (Å²) in [6, 6.07) is 3.83. The second-order valence-corrected chi connectivity index (χ2v) is 11.0. The van der Waals surface area contributed by atoms with E-state index < -0.39 is 5.60 Å². The van der Waals surface area contributed by atoms with Crippen LogP contribution in [0.1, 0.15) is 40.0 Å². The molecule has 2 saturated heterocycles. The number of hydrogen-bond donors (Lipinski definition) is 1. The van der Waals surface area contributed by atoms with Crippen LogP contribution in [-0.4, -0.2) is 56.8 Å². The van der Waals surface area contributed by atoms with Gasteiger partial charge in [0.1, 0.15) is 21.9 Å². The Labute approximate surface area is 189 Å². The summed E-state index contributed by atoms with van der Waals surface area (Å²) in [5.74, 6) is 0.186. The van der Waals surface area contributed by atoms with E-state index in [1.54, 1.807) is 34.9 Å². The van der Waals surface area contributed by atoms with Crippen molar-refractivity contribution in [3.8, 4) is 16.3 Å². The second-order valence-electron chi connectivity index (χ2n) is 9.17. The maximum Gasteiger partial charge on any atom is 0.410 e. The van der Waals surface area contributed by atoms with Gasteiger partial charge in [-0.15, -0.1) is 11.3 Å². The molecule has 0 spiro atoms. The molecule has 4 heterocycles. The van der Waals surface area contributed by atoms with Gasteiger partial charge in [-0.2, -0.15) is 0 Å². The molecular weight excluding hydrogens is 432 g/mol. The summed E-state index contributed by atoms with van der Waals surface area (Å²) >= 11 is 3.17. The second kappa shape index (κ2) is 7.63. The van der Waals surface area contributed by atoms with E-state index in [4.69, 9.17) is 9.72 Å². The van der Waals surface area contributed by atoms with E-state index in [9.17, 15) is 9.90 Å². The van der Waals surface area contributed by atoms with E-state index >= 15 is 0 Å². The molecule has 0 saturated carbocycles. The fourth-order valence-electron chi connectivity index (χ4n) is 4.52. The van der Waals surface area contributed by atoms with Crippen molar-refractivity contribution >= 4 is 44.1 Å². The van der Waals surface area contributed by atoms with Crippen LogP contribution in [0.2, 0.25) is 0 Å². The van der Waals surface area contributed by atoms with Crippen molar-refractivity contribution in [2.45, 2.75) is 57.7 Å². The molecule has 0 radical (unpaired) electrons. The number of phenols is 1. The lowest BCUT2D eigenvalue weighted by molar-refractivity contribution is -0.00969. The SMILES string of the molecule is CC(C)(C)OC(=O)N1C2CCCC1CN(c1nc3c(O)ccc(-c4nccs4)c3s1)C2. The Bertz CT molecular complexity index is 1090. The zero-order valence-corrected chi connectivity index (χ0v) is 19.5. The molecule has 31 heavy (non-hydrogen) atoms. The third-order valence-electron chi connectivity index (χ3n) is 5.77. The Kier molecular flexibility index (Phi) is 5.05. The smallest absolute Gasteiger partial charge is 0.410 e. The van der Waals surface area contributed by atoms with Gasteiger partial charge in [0.2, 0.25) is 0 Å². The Morgan fingerprint density at radius 3 is 2.61 bits per heavy atom. The monoisotopic (exact) mass is 458 g/mol. The highest BCUT2D eigenvalue weighted by atomic mass is 32.1. The highest BCUT2D eigenvalue weighted by Crippen LogP contribution is 2.42. The zero-order chi connectivity index (χ0) is 21.8. The van der Waals surface area contributed by atoms with Crippen molar-refractivity contribution in [1.29, 1.82) is 0 Å². The Hall–Kier alpha value is -2.39. The van der Waals surface area contributed by atoms with Crippen LogP contribution in [0.15, 0.2) is 23.7 Å². The van der Waals surface area contributed by atoms with E-state index in [2.05, 4.69) is 9.88 Å². The predicted molar refractivity (Wildman–Crippen MR) is 124 cm³/mol. The van der Waals surface area contributed by atoms with E-state index in [1.807, 2.05) is 37.1 Å². The first kappa shape index (κ1) is 20.5. The Morgan fingerprint density at radius 1 is 1.23 bits per heavy atom. The molecule has 2 fully saturated rings. The van der Waals surface area contributed by atoms with Gasteiger partial charge in [-0.05, 0) is 52.2 Å². The maximum atomic E-state index is 12.9. The van der Waals surface area contributed by atoms with E-state index in [1.165, 1.54) is 0 Å². The Balaban J connectivity index is 1.45. The summed E-state index contributed by atoms with van der Waals surface area (Å²) in [4.78, 5) is 26.3. The summed E-state index contributed by atoms with van der Waals surface area (Å²) in [5, 5.41) is 14.2. The molecule has 2 unspecified atom stereocenters. The molecule has 2 aliphatic rings. The molecule has 3 aromatic rings. The first-order valence-corrected chi connectivity index (χ1v) is 12.3. The van der Waals surface area contributed by atoms with Gasteiger partial charge in [0.25, 0.3) is 0 Å². The number of ether oxygens (including phenoxy) is 1. The largest absolute Gasteiger partial charge is 0.506 e. The molecule has 9 heteroatoms. The van der Waals surface area contributed by atoms with Gasteiger partial charge in [0, 0.05) is 30.2 Å². The van der Waals surface area contributed by atoms with Crippen molar-refractivity contribution in [3.05, 3.63) is 23.7 Å². The molecule has 2 bridgehead atoms. The topological polar surface area (TPSA) is 78.8 Å². The average molecular weight is 459 g/mol. The van der Waals surface area contributed by atoms with E-state index in [-0.39, 0.29) is 23.9 Å². The number of anilines is 1. The number of aromatic nitrogens is 2. The molecule has 5 rings (SSSR count). The van der Waals surface area contributed by atoms with Crippen molar-refractivity contribution in [1.82, 2.24) is 14.9 Å². The normalized spacial score (nSPS) is 21.5. The molecule has 2 atom stereocenters. The van der Waals surface area contributed by atoms with E-state index in [0.29, 0.717) is 5.52 Å². The minimum absolute atomic E-state index is 0.112. The van der Waals surface area contributed by atoms with Crippen LogP contribution in [-0.2, 0) is 4.74 Å². The third-order valence-corrected chi connectivity index (χ3v) is 7.73. The number of hydrogen-bond acceptors (Lipinski definition) is 8. The number of fused-ring (bicyclic) bond motifs is 3. The van der Waals surface area contributed by atoms with Crippen LogP contribution in [0, 0.1) is 0 Å². The van der Waals surface area contributed by atoms with Gasteiger partial charge >= 0.3 is 6.09 Å². The van der Waals surface area contributed by atoms with Crippen molar-refractivity contribution in [2.24, 2.45) is 0 Å². The number of carbonyl (C=O) groups excluding carboxylic acids is 1. The molecule has 0 aliphatic carbocycles. The summed E-state index contributed by atoms with van der Waals surface area (Å²) in [5.41, 5.74) is 1.12. The van der Waals surface area contributed by atoms with Gasteiger partial charge in [0.15, 0.2) is 5.13 Å². The minimum Gasteiger partial charge on any atom is -0.506 e. The maximum absolute atomic E-state index is 12.9. The van der Waals surface area contributed by atoms with Crippen LogP contribution in [0.25, 0.3) is 20.8 Å². The van der Waals surface area contributed by atoms with Gasteiger partial charge in [-0.3, -0.25) is 4.90 Å². The van der Waals surface area contributed by atoms with Crippen LogP contribution >= 0.6 is 22.7 Å². The number of phenolic OH excluding ortho intramolecular Hbond substituents is 1. The highest BCUT2D eigenvalue weighted by Gasteiger charge is 2.42. The van der Waals surface area contributed by atoms with Gasteiger partial charge in [-0.1, -0.05) is 11.3 Å². The van der Waals surface area contributed by atoms with Crippen LogP contribution in [0.3, 0.4) is 0 Å². The number of rotatable bonds is 2. The van der Waals surface area contributed by atoms with Gasteiger partial charge < -0.3 is 14.7 Å². The lowest BCUT2D eigenvalue weighted by atomic mass is 9.92. The summed E-state index contributed by atoms with van der Waals surface area (Å²) in [6.45, 7) is 7.17. The quantitative estimate of drug-likeness (QED) is 0.575. The molecular formula is C22H26N4O3S2. The number of amides is 1. The van der Waals surface area contributed by atoms with Crippen LogP contribution < -0.4 is 4.90 Å². The standard InChI is InChI=1S/C22H26N4O3S2/c1-22(2,3)29-21(28)26-13-5-4-6-14(26)12-25(11-13)20-24-17-16(27)8-7-15(18(17)31-20)19-23-9-10-30-19/h7-10,13-14,27H,4-6,11-12H2,1-3H3. The van der Waals surface area contributed by atoms with Gasteiger partial charge in [-0.25, -0.2) is 14.8 Å². The third kappa shape index (κ3) is 3.85. The highest BCUT2D eigenvalue weighted by molar-refractivity contribution is 7.23. The number of carbonyl (C=O) groups is 1. The fraction of sp³-hybridized carbons (Fsp3) is 0.500. The van der Waals surface area contributed by atoms with Crippen LogP contribution in [0.5, 0.6) is 5.75 Å². The molecule has 2 aromatic heterocycles. The first-order valence-electron chi connectivity index (χ1n) is 10.6. The molecule has 1 aromatic carbocycles. The number of benzene rings is 1. The lowest BCUT2D eigenvalue weighted by Crippen LogP contribution is -2.63. The first-order chi connectivity index (χ1) is 14.8. The van der Waals surface area contributed by atoms with Crippen molar-refractivity contribution in [2.75, 3.05) is 18.0 Å². The zero-order valence-electron chi connectivity index (χ0n) is 17.9. The number of piperidine rings is 1. The number of aromatic hydroxyl groups is 1. The molecule has 1 amide bonds. The number of piperazine rings is 1. The molecule has 1 N–H and O–H groups in total. The van der Waals surface area contributed by atoms with Crippen molar-refractivity contribution < 1.29 is 14.6 Å². The van der Waals surface area contributed by atoms with Gasteiger partial charge in [0.05, 0.1) is 16.8 Å². The average Bonchev–Trinajstić information content (AvgIpc) is 3.36. The summed E-state index contributed by atoms with van der Waals surface area (Å²) in [7, 11) is 0. The fourth-order valence-corrected chi connectivity index (χ4v) is 6.37. The summed E-state index contributed by atoms with van der Waals surface area (Å²) in [6.07, 6.45) is 4.63. The minimum atomic E-state index is -0.501.